The Kier molecular flexibility index (Phi) is 5.95. The van der Waals surface area contributed by atoms with Crippen molar-refractivity contribution in [3.8, 4) is 12.3 Å². The van der Waals surface area contributed by atoms with E-state index in [4.69, 9.17) is 12.2 Å². The number of carbonyl (C=O) groups is 1. The summed E-state index contributed by atoms with van der Waals surface area (Å²) >= 11 is 0. The van der Waals surface area contributed by atoms with Gasteiger partial charge >= 0.3 is 0 Å². The van der Waals surface area contributed by atoms with Gasteiger partial charge in [0.1, 0.15) is 0 Å². The molecule has 0 aromatic heterocycles. The molecule has 0 heterocycles. The fourth-order valence-corrected chi connectivity index (χ4v) is 2.19. The van der Waals surface area contributed by atoms with Crippen LogP contribution in [0.25, 0.3) is 0 Å². The van der Waals surface area contributed by atoms with Crippen molar-refractivity contribution in [1.29, 1.82) is 0 Å². The quantitative estimate of drug-likeness (QED) is 0.429. The average Bonchev–Trinajstić information content (AvgIpc) is 2.49. The van der Waals surface area contributed by atoms with Crippen LogP contribution in [0.4, 0.5) is 0 Å². The standard InChI is InChI=1S/C13H22N2O/c1-2-3-7-10-15-13(16)11-8-5-4-6-9-12(11)14/h1,11-12H,3-10,14H2,(H,15,16). The van der Waals surface area contributed by atoms with Crippen molar-refractivity contribution in [2.24, 2.45) is 11.7 Å². The Hall–Kier alpha value is -1.01. The zero-order chi connectivity index (χ0) is 11.8. The first-order valence-corrected chi connectivity index (χ1v) is 6.22. The van der Waals surface area contributed by atoms with Crippen LogP contribution in [-0.2, 0) is 4.79 Å². The Morgan fingerprint density at radius 3 is 2.88 bits per heavy atom. The molecule has 1 saturated carbocycles. The lowest BCUT2D eigenvalue weighted by Gasteiger charge is -2.20. The number of nitrogens with two attached hydrogens (primary N) is 1. The maximum Gasteiger partial charge on any atom is 0.224 e. The molecular weight excluding hydrogens is 200 g/mol. The Balaban J connectivity index is 2.30. The van der Waals surface area contributed by atoms with Gasteiger partial charge in [-0.25, -0.2) is 0 Å². The molecule has 3 nitrogen and oxygen atoms in total. The van der Waals surface area contributed by atoms with Crippen LogP contribution in [0.5, 0.6) is 0 Å². The molecule has 0 aromatic carbocycles. The van der Waals surface area contributed by atoms with Gasteiger partial charge in [0.15, 0.2) is 0 Å². The number of carbonyl (C=O) groups excluding carboxylic acids is 1. The zero-order valence-corrected chi connectivity index (χ0v) is 9.87. The topological polar surface area (TPSA) is 55.1 Å². The van der Waals surface area contributed by atoms with Crippen LogP contribution < -0.4 is 11.1 Å². The maximum atomic E-state index is 11.9. The highest BCUT2D eigenvalue weighted by atomic mass is 16.1. The third-order valence-corrected chi connectivity index (χ3v) is 3.20. The van der Waals surface area contributed by atoms with Crippen LogP contribution in [0.1, 0.15) is 44.9 Å². The van der Waals surface area contributed by atoms with Crippen molar-refractivity contribution in [2.45, 2.75) is 51.0 Å². The van der Waals surface area contributed by atoms with Gasteiger partial charge in [0.2, 0.25) is 5.91 Å². The van der Waals surface area contributed by atoms with Crippen molar-refractivity contribution in [3.63, 3.8) is 0 Å². The van der Waals surface area contributed by atoms with Gasteiger partial charge in [-0.05, 0) is 19.3 Å². The van der Waals surface area contributed by atoms with Crippen LogP contribution in [0.15, 0.2) is 0 Å². The number of hydrogen-bond acceptors (Lipinski definition) is 2. The molecule has 90 valence electrons. The summed E-state index contributed by atoms with van der Waals surface area (Å²) in [5.41, 5.74) is 6.02. The van der Waals surface area contributed by atoms with Gasteiger partial charge in [-0.3, -0.25) is 4.79 Å². The predicted molar refractivity (Wildman–Crippen MR) is 65.6 cm³/mol. The van der Waals surface area contributed by atoms with Crippen molar-refractivity contribution < 1.29 is 4.79 Å². The molecule has 0 bridgehead atoms. The molecule has 1 fully saturated rings. The monoisotopic (exact) mass is 222 g/mol. The number of hydrogen-bond donors (Lipinski definition) is 2. The zero-order valence-electron chi connectivity index (χ0n) is 9.87. The molecule has 3 heteroatoms. The van der Waals surface area contributed by atoms with Crippen molar-refractivity contribution >= 4 is 5.91 Å². The first kappa shape index (κ1) is 13.1. The highest BCUT2D eigenvalue weighted by molar-refractivity contribution is 5.79. The van der Waals surface area contributed by atoms with Gasteiger partial charge < -0.3 is 11.1 Å². The maximum absolute atomic E-state index is 11.9. The molecule has 16 heavy (non-hydrogen) atoms. The van der Waals surface area contributed by atoms with E-state index in [9.17, 15) is 4.79 Å². The third-order valence-electron chi connectivity index (χ3n) is 3.20. The summed E-state index contributed by atoms with van der Waals surface area (Å²) in [7, 11) is 0. The molecule has 0 radical (unpaired) electrons. The van der Waals surface area contributed by atoms with Crippen LogP contribution in [0, 0.1) is 18.3 Å². The molecule has 1 aliphatic rings. The van der Waals surface area contributed by atoms with E-state index in [1.165, 1.54) is 6.42 Å². The molecule has 0 aliphatic heterocycles. The Morgan fingerprint density at radius 2 is 2.12 bits per heavy atom. The van der Waals surface area contributed by atoms with Crippen LogP contribution >= 0.6 is 0 Å². The summed E-state index contributed by atoms with van der Waals surface area (Å²) in [5.74, 6) is 2.69. The largest absolute Gasteiger partial charge is 0.356 e. The lowest BCUT2D eigenvalue weighted by molar-refractivity contribution is -0.125. The van der Waals surface area contributed by atoms with Crippen LogP contribution in [0.2, 0.25) is 0 Å². The SMILES string of the molecule is C#CCCCNC(=O)C1CCCCCC1N. The summed E-state index contributed by atoms with van der Waals surface area (Å²) in [6, 6.07) is 0.0372. The molecule has 2 atom stereocenters. The average molecular weight is 222 g/mol. The molecule has 1 amide bonds. The van der Waals surface area contributed by atoms with Crippen molar-refractivity contribution in [2.75, 3.05) is 6.54 Å². The Labute approximate surface area is 98.2 Å². The van der Waals surface area contributed by atoms with Gasteiger partial charge in [-0.1, -0.05) is 19.3 Å². The highest BCUT2D eigenvalue weighted by Crippen LogP contribution is 2.22. The third kappa shape index (κ3) is 4.24. The molecule has 2 unspecified atom stereocenters. The summed E-state index contributed by atoms with van der Waals surface area (Å²) in [5, 5.41) is 2.93. The Bertz CT molecular complexity index is 257. The molecule has 0 aromatic rings. The number of unbranched alkanes of at least 4 members (excludes halogenated alkanes) is 1. The molecule has 3 N–H and O–H groups in total. The van der Waals surface area contributed by atoms with Gasteiger partial charge in [0, 0.05) is 19.0 Å². The summed E-state index contributed by atoms with van der Waals surface area (Å²) in [4.78, 5) is 11.9. The van der Waals surface area contributed by atoms with Crippen LogP contribution in [0.3, 0.4) is 0 Å². The van der Waals surface area contributed by atoms with Gasteiger partial charge in [-0.15, -0.1) is 12.3 Å². The molecule has 0 saturated heterocycles. The van der Waals surface area contributed by atoms with Gasteiger partial charge in [0.05, 0.1) is 5.92 Å². The number of amides is 1. The van der Waals surface area contributed by atoms with E-state index < -0.39 is 0 Å². The predicted octanol–water partition coefficient (Wildman–Crippen LogP) is 1.42. The van der Waals surface area contributed by atoms with Crippen LogP contribution in [-0.4, -0.2) is 18.5 Å². The number of nitrogens with one attached hydrogen (secondary N) is 1. The summed E-state index contributed by atoms with van der Waals surface area (Å²) < 4.78 is 0. The molecule has 1 rings (SSSR count). The smallest absolute Gasteiger partial charge is 0.224 e. The summed E-state index contributed by atoms with van der Waals surface area (Å²) in [6.45, 7) is 0.673. The second-order valence-electron chi connectivity index (χ2n) is 4.51. The normalized spacial score (nSPS) is 25.5. The van der Waals surface area contributed by atoms with E-state index in [2.05, 4.69) is 11.2 Å². The van der Waals surface area contributed by atoms with Gasteiger partial charge in [0.25, 0.3) is 0 Å². The van der Waals surface area contributed by atoms with E-state index in [0.717, 1.165) is 38.5 Å². The second-order valence-corrected chi connectivity index (χ2v) is 4.51. The molecule has 1 aliphatic carbocycles. The lowest BCUT2D eigenvalue weighted by atomic mass is 9.94. The minimum absolute atomic E-state index is 0.00772. The fourth-order valence-electron chi connectivity index (χ4n) is 2.19. The van der Waals surface area contributed by atoms with E-state index in [1.54, 1.807) is 0 Å². The van der Waals surface area contributed by atoms with Crippen molar-refractivity contribution in [3.05, 3.63) is 0 Å². The van der Waals surface area contributed by atoms with E-state index in [0.29, 0.717) is 6.54 Å². The Morgan fingerprint density at radius 1 is 1.38 bits per heavy atom. The fraction of sp³-hybridized carbons (Fsp3) is 0.769. The first-order chi connectivity index (χ1) is 7.75. The number of terminal acetylenes is 1. The second kappa shape index (κ2) is 7.29. The lowest BCUT2D eigenvalue weighted by Crippen LogP contribution is -2.41. The number of rotatable bonds is 4. The first-order valence-electron chi connectivity index (χ1n) is 6.22. The molecule has 0 spiro atoms. The molecular formula is C13H22N2O. The summed E-state index contributed by atoms with van der Waals surface area (Å²) in [6.07, 6.45) is 12.1. The minimum Gasteiger partial charge on any atom is -0.356 e. The van der Waals surface area contributed by atoms with E-state index in [1.807, 2.05) is 0 Å². The van der Waals surface area contributed by atoms with E-state index >= 15 is 0 Å². The van der Waals surface area contributed by atoms with E-state index in [-0.39, 0.29) is 17.9 Å². The van der Waals surface area contributed by atoms with Crippen molar-refractivity contribution in [1.82, 2.24) is 5.32 Å². The highest BCUT2D eigenvalue weighted by Gasteiger charge is 2.26. The minimum atomic E-state index is 0.00772. The van der Waals surface area contributed by atoms with Gasteiger partial charge in [-0.2, -0.15) is 0 Å².